The third kappa shape index (κ3) is 11.2. The lowest BCUT2D eigenvalue weighted by molar-refractivity contribution is -0.119. The van der Waals surface area contributed by atoms with Crippen molar-refractivity contribution in [3.8, 4) is 12.3 Å². The highest BCUT2D eigenvalue weighted by molar-refractivity contribution is 5.78. The van der Waals surface area contributed by atoms with Crippen molar-refractivity contribution >= 4 is 5.78 Å². The number of hydrogen-bond donors (Lipinski definition) is 0. The Hall–Kier alpha value is -0.770. The second kappa shape index (κ2) is 11.3. The van der Waals surface area contributed by atoms with Crippen LogP contribution >= 0.6 is 0 Å². The number of ketones is 1. The number of terminal acetylenes is 1. The zero-order chi connectivity index (χ0) is 11.4. The number of rotatable bonds is 10. The Labute approximate surface area is 94.6 Å². The fourth-order valence-corrected chi connectivity index (χ4v) is 1.62. The van der Waals surface area contributed by atoms with Crippen molar-refractivity contribution in [2.45, 2.75) is 71.1 Å². The first-order chi connectivity index (χ1) is 7.31. The first-order valence-electron chi connectivity index (χ1n) is 6.26. The molecule has 1 nitrogen and oxygen atoms in total. The van der Waals surface area contributed by atoms with Gasteiger partial charge in [0.05, 0.1) is 0 Å². The van der Waals surface area contributed by atoms with E-state index in [0.29, 0.717) is 18.6 Å². The van der Waals surface area contributed by atoms with Gasteiger partial charge in [0.1, 0.15) is 5.78 Å². The van der Waals surface area contributed by atoms with Gasteiger partial charge in [0.2, 0.25) is 0 Å². The van der Waals surface area contributed by atoms with Gasteiger partial charge in [0.25, 0.3) is 0 Å². The molecule has 0 saturated heterocycles. The summed E-state index contributed by atoms with van der Waals surface area (Å²) in [6.45, 7) is 2.23. The Morgan fingerprint density at radius 1 is 1.00 bits per heavy atom. The standard InChI is InChI=1S/C14H24O/c1-3-5-7-8-9-10-11-13-14(15)12-6-4-2/h2H,3,5-13H2,1H3. The molecule has 0 rings (SSSR count). The third-order valence-electron chi connectivity index (χ3n) is 2.61. The molecule has 86 valence electrons. The number of carbonyl (C=O) groups is 1. The number of unbranched alkanes of at least 4 members (excludes halogenated alkanes) is 6. The summed E-state index contributed by atoms with van der Waals surface area (Å²) in [4.78, 5) is 11.2. The maximum absolute atomic E-state index is 11.2. The minimum absolute atomic E-state index is 0.335. The van der Waals surface area contributed by atoms with Crippen LogP contribution in [0.25, 0.3) is 0 Å². The maximum Gasteiger partial charge on any atom is 0.133 e. The van der Waals surface area contributed by atoms with Gasteiger partial charge in [-0.1, -0.05) is 45.4 Å². The zero-order valence-electron chi connectivity index (χ0n) is 10.1. The number of hydrogen-bond acceptors (Lipinski definition) is 1. The Morgan fingerprint density at radius 2 is 1.60 bits per heavy atom. The van der Waals surface area contributed by atoms with E-state index in [1.54, 1.807) is 0 Å². The summed E-state index contributed by atoms with van der Waals surface area (Å²) >= 11 is 0. The maximum atomic E-state index is 11.2. The predicted molar refractivity (Wildman–Crippen MR) is 65.7 cm³/mol. The van der Waals surface area contributed by atoms with Gasteiger partial charge in [-0.3, -0.25) is 4.79 Å². The summed E-state index contributed by atoms with van der Waals surface area (Å²) in [7, 11) is 0. The largest absolute Gasteiger partial charge is 0.300 e. The Kier molecular flexibility index (Phi) is 10.7. The van der Waals surface area contributed by atoms with E-state index in [1.807, 2.05) is 0 Å². The van der Waals surface area contributed by atoms with Gasteiger partial charge in [-0.15, -0.1) is 12.3 Å². The van der Waals surface area contributed by atoms with Crippen molar-refractivity contribution in [3.63, 3.8) is 0 Å². The fraction of sp³-hybridized carbons (Fsp3) is 0.786. The second-order valence-corrected chi connectivity index (χ2v) is 4.11. The summed E-state index contributed by atoms with van der Waals surface area (Å²) in [5, 5.41) is 0. The van der Waals surface area contributed by atoms with E-state index in [2.05, 4.69) is 12.8 Å². The molecule has 0 unspecified atom stereocenters. The predicted octanol–water partition coefficient (Wildman–Crippen LogP) is 4.11. The Bertz CT molecular complexity index is 188. The summed E-state index contributed by atoms with van der Waals surface area (Å²) in [5.41, 5.74) is 0. The van der Waals surface area contributed by atoms with Crippen LogP contribution in [-0.2, 0) is 4.79 Å². The molecule has 0 aromatic carbocycles. The van der Waals surface area contributed by atoms with Crippen molar-refractivity contribution in [2.24, 2.45) is 0 Å². The lowest BCUT2D eigenvalue weighted by Crippen LogP contribution is -1.96. The Morgan fingerprint density at radius 3 is 2.20 bits per heavy atom. The van der Waals surface area contributed by atoms with Crippen LogP contribution in [0.1, 0.15) is 71.1 Å². The summed E-state index contributed by atoms with van der Waals surface area (Å²) < 4.78 is 0. The van der Waals surface area contributed by atoms with E-state index in [1.165, 1.54) is 38.5 Å². The highest BCUT2D eigenvalue weighted by atomic mass is 16.1. The van der Waals surface area contributed by atoms with Crippen molar-refractivity contribution in [2.75, 3.05) is 0 Å². The molecule has 0 amide bonds. The smallest absolute Gasteiger partial charge is 0.133 e. The van der Waals surface area contributed by atoms with Gasteiger partial charge in [-0.05, 0) is 6.42 Å². The SMILES string of the molecule is C#CCCC(=O)CCCCCCCCC. The normalized spacial score (nSPS) is 9.87. The van der Waals surface area contributed by atoms with E-state index in [-0.39, 0.29) is 0 Å². The third-order valence-corrected chi connectivity index (χ3v) is 2.61. The molecule has 0 aromatic heterocycles. The number of carbonyl (C=O) groups excluding carboxylic acids is 1. The van der Waals surface area contributed by atoms with Crippen LogP contribution < -0.4 is 0 Å². The summed E-state index contributed by atoms with van der Waals surface area (Å²) in [6.07, 6.45) is 15.9. The average Bonchev–Trinajstić information content (AvgIpc) is 2.25. The van der Waals surface area contributed by atoms with Crippen LogP contribution in [0.4, 0.5) is 0 Å². The summed E-state index contributed by atoms with van der Waals surface area (Å²) in [6, 6.07) is 0. The fourth-order valence-electron chi connectivity index (χ4n) is 1.62. The minimum atomic E-state index is 0.335. The van der Waals surface area contributed by atoms with Crippen molar-refractivity contribution in [1.29, 1.82) is 0 Å². The van der Waals surface area contributed by atoms with Crippen LogP contribution in [0.3, 0.4) is 0 Å². The quantitative estimate of drug-likeness (QED) is 0.390. The van der Waals surface area contributed by atoms with Gasteiger partial charge < -0.3 is 0 Å². The van der Waals surface area contributed by atoms with Crippen LogP contribution in [0.5, 0.6) is 0 Å². The molecule has 0 aliphatic heterocycles. The molecular formula is C14H24O. The molecule has 0 saturated carbocycles. The van der Waals surface area contributed by atoms with Gasteiger partial charge in [-0.2, -0.15) is 0 Å². The molecule has 0 aliphatic carbocycles. The molecule has 0 heterocycles. The van der Waals surface area contributed by atoms with E-state index < -0.39 is 0 Å². The lowest BCUT2D eigenvalue weighted by atomic mass is 10.1. The van der Waals surface area contributed by atoms with Crippen LogP contribution in [0, 0.1) is 12.3 Å². The van der Waals surface area contributed by atoms with Gasteiger partial charge >= 0.3 is 0 Å². The molecule has 1 heteroatoms. The first kappa shape index (κ1) is 14.2. The molecule has 0 spiro atoms. The second-order valence-electron chi connectivity index (χ2n) is 4.11. The van der Waals surface area contributed by atoms with E-state index in [4.69, 9.17) is 6.42 Å². The van der Waals surface area contributed by atoms with E-state index >= 15 is 0 Å². The summed E-state index contributed by atoms with van der Waals surface area (Å²) in [5.74, 6) is 2.84. The van der Waals surface area contributed by atoms with Crippen molar-refractivity contribution in [1.82, 2.24) is 0 Å². The molecule has 0 aliphatic rings. The van der Waals surface area contributed by atoms with Gasteiger partial charge in [0.15, 0.2) is 0 Å². The van der Waals surface area contributed by atoms with Crippen LogP contribution in [-0.4, -0.2) is 5.78 Å². The highest BCUT2D eigenvalue weighted by Crippen LogP contribution is 2.09. The monoisotopic (exact) mass is 208 g/mol. The molecule has 0 atom stereocenters. The van der Waals surface area contributed by atoms with E-state index in [9.17, 15) is 4.79 Å². The van der Waals surface area contributed by atoms with Crippen LogP contribution in [0.15, 0.2) is 0 Å². The highest BCUT2D eigenvalue weighted by Gasteiger charge is 1.99. The molecular weight excluding hydrogens is 184 g/mol. The topological polar surface area (TPSA) is 17.1 Å². The van der Waals surface area contributed by atoms with Crippen molar-refractivity contribution in [3.05, 3.63) is 0 Å². The first-order valence-corrected chi connectivity index (χ1v) is 6.26. The average molecular weight is 208 g/mol. The molecule has 0 aromatic rings. The van der Waals surface area contributed by atoms with Gasteiger partial charge in [-0.25, -0.2) is 0 Å². The number of Topliss-reactive ketones (excluding diaryl/α,β-unsaturated/α-hetero) is 1. The molecule has 0 fully saturated rings. The lowest BCUT2D eigenvalue weighted by Gasteiger charge is -2.00. The minimum Gasteiger partial charge on any atom is -0.300 e. The van der Waals surface area contributed by atoms with Crippen LogP contribution in [0.2, 0.25) is 0 Å². The Balaban J connectivity index is 3.10. The van der Waals surface area contributed by atoms with Gasteiger partial charge in [0, 0.05) is 19.3 Å². The molecule has 0 N–H and O–H groups in total. The molecule has 0 radical (unpaired) electrons. The molecule has 15 heavy (non-hydrogen) atoms. The van der Waals surface area contributed by atoms with Crippen molar-refractivity contribution < 1.29 is 4.79 Å². The molecule has 0 bridgehead atoms. The zero-order valence-corrected chi connectivity index (χ0v) is 10.1. The van der Waals surface area contributed by atoms with E-state index in [0.717, 1.165) is 12.8 Å².